The molecule has 0 aliphatic carbocycles. The van der Waals surface area contributed by atoms with E-state index in [1.807, 2.05) is 27.7 Å². The lowest BCUT2D eigenvalue weighted by Gasteiger charge is -2.49. The molecule has 1 aliphatic heterocycles. The predicted octanol–water partition coefficient (Wildman–Crippen LogP) is 7.36. The first kappa shape index (κ1) is 27.8. The Labute approximate surface area is 166 Å². The Balaban J connectivity index is 0. The number of rotatable bonds is 6. The first-order valence-corrected chi connectivity index (χ1v) is 10.9. The summed E-state index contributed by atoms with van der Waals surface area (Å²) < 4.78 is 0. The van der Waals surface area contributed by atoms with E-state index < -0.39 is 0 Å². The normalized spacial score (nSPS) is 19.2. The predicted molar refractivity (Wildman–Crippen MR) is 119 cm³/mol. The Kier molecular flexibility index (Phi) is 11.6. The zero-order chi connectivity index (χ0) is 21.4. The van der Waals surface area contributed by atoms with E-state index in [0.29, 0.717) is 16.9 Å². The average molecular weight is 370 g/mol. The quantitative estimate of drug-likeness (QED) is 0.456. The summed E-state index contributed by atoms with van der Waals surface area (Å²) >= 11 is 0. The smallest absolute Gasteiger partial charge is 0.125 e. The number of aldehydes is 1. The van der Waals surface area contributed by atoms with E-state index >= 15 is 0 Å². The third-order valence-electron chi connectivity index (χ3n) is 5.13. The molecule has 158 valence electrons. The molecule has 1 saturated heterocycles. The highest BCUT2D eigenvalue weighted by Crippen LogP contribution is 2.45. The average Bonchev–Trinajstić information content (AvgIpc) is 2.99. The SMILES string of the molecule is CC.CC.CC(C)(C)CC(C)(C)C1CCCN1C(C)(C)CC(C)(C)C=O. The van der Waals surface area contributed by atoms with E-state index in [1.54, 1.807) is 0 Å². The molecule has 0 saturated carbocycles. The van der Waals surface area contributed by atoms with Gasteiger partial charge in [-0.1, -0.05) is 76.2 Å². The minimum absolute atomic E-state index is 0.0702. The molecule has 26 heavy (non-hydrogen) atoms. The van der Waals surface area contributed by atoms with Crippen LogP contribution < -0.4 is 0 Å². The highest BCUT2D eigenvalue weighted by molar-refractivity contribution is 5.58. The van der Waals surface area contributed by atoms with Gasteiger partial charge in [0.15, 0.2) is 0 Å². The van der Waals surface area contributed by atoms with Crippen LogP contribution in [0.2, 0.25) is 0 Å². The lowest BCUT2D eigenvalue weighted by molar-refractivity contribution is -0.117. The molecule has 0 aromatic rings. The van der Waals surface area contributed by atoms with Crippen LogP contribution in [0.3, 0.4) is 0 Å². The number of hydrogen-bond donors (Lipinski definition) is 0. The summed E-state index contributed by atoms with van der Waals surface area (Å²) in [5.74, 6) is 0. The van der Waals surface area contributed by atoms with Crippen molar-refractivity contribution < 1.29 is 4.79 Å². The molecule has 1 unspecified atom stereocenters. The number of carbonyl (C=O) groups is 1. The fraction of sp³-hybridized carbons (Fsp3) is 0.958. The van der Waals surface area contributed by atoms with Gasteiger partial charge in [0.05, 0.1) is 0 Å². The monoisotopic (exact) mass is 369 g/mol. The van der Waals surface area contributed by atoms with Crippen LogP contribution in [0.4, 0.5) is 0 Å². The van der Waals surface area contributed by atoms with Gasteiger partial charge in [-0.25, -0.2) is 0 Å². The van der Waals surface area contributed by atoms with Crippen molar-refractivity contribution in [3.8, 4) is 0 Å². The zero-order valence-electron chi connectivity index (χ0n) is 20.5. The molecular formula is C24H51NO. The van der Waals surface area contributed by atoms with Gasteiger partial charge in [-0.3, -0.25) is 4.90 Å². The van der Waals surface area contributed by atoms with Gasteiger partial charge in [0.2, 0.25) is 0 Å². The van der Waals surface area contributed by atoms with Crippen molar-refractivity contribution in [2.45, 2.75) is 127 Å². The summed E-state index contributed by atoms with van der Waals surface area (Å²) in [6.07, 6.45) is 5.84. The van der Waals surface area contributed by atoms with Gasteiger partial charge in [-0.05, 0) is 56.9 Å². The van der Waals surface area contributed by atoms with Crippen LogP contribution in [0.5, 0.6) is 0 Å². The molecule has 1 fully saturated rings. The number of carbonyl (C=O) groups excluding carboxylic acids is 1. The second kappa shape index (κ2) is 10.8. The van der Waals surface area contributed by atoms with Crippen LogP contribution in [0.25, 0.3) is 0 Å². The minimum atomic E-state index is -0.245. The van der Waals surface area contributed by atoms with Crippen molar-refractivity contribution in [3.63, 3.8) is 0 Å². The summed E-state index contributed by atoms with van der Waals surface area (Å²) in [6, 6.07) is 0.615. The van der Waals surface area contributed by atoms with Crippen LogP contribution in [-0.2, 0) is 4.79 Å². The Bertz CT molecular complexity index is 388. The maximum absolute atomic E-state index is 11.4. The first-order valence-electron chi connectivity index (χ1n) is 10.9. The van der Waals surface area contributed by atoms with Gasteiger partial charge in [0, 0.05) is 17.0 Å². The van der Waals surface area contributed by atoms with E-state index in [0.717, 1.165) is 12.7 Å². The molecule has 0 aromatic carbocycles. The van der Waals surface area contributed by atoms with Gasteiger partial charge < -0.3 is 4.79 Å². The standard InChI is InChI=1S/C20H39NO.2C2H6/c1-17(2,3)13-19(6,7)16-11-10-12-21(16)20(8,9)14-18(4,5)15-22;2*1-2/h15-16H,10-14H2,1-9H3;2*1-2H3. The lowest BCUT2D eigenvalue weighted by Crippen LogP contribution is -2.54. The summed E-state index contributed by atoms with van der Waals surface area (Å²) in [5.41, 5.74) is 0.479. The van der Waals surface area contributed by atoms with Crippen LogP contribution in [0.1, 0.15) is 116 Å². The van der Waals surface area contributed by atoms with Gasteiger partial charge in [0.1, 0.15) is 6.29 Å². The molecule has 2 nitrogen and oxygen atoms in total. The van der Waals surface area contributed by atoms with Gasteiger partial charge >= 0.3 is 0 Å². The molecular weight excluding hydrogens is 318 g/mol. The van der Waals surface area contributed by atoms with E-state index in [9.17, 15) is 4.79 Å². The molecule has 1 atom stereocenters. The molecule has 0 N–H and O–H groups in total. The van der Waals surface area contributed by atoms with E-state index in [1.165, 1.54) is 25.8 Å². The molecule has 0 spiro atoms. The van der Waals surface area contributed by atoms with E-state index in [2.05, 4.69) is 67.2 Å². The Morgan fingerprint density at radius 1 is 0.846 bits per heavy atom. The van der Waals surface area contributed by atoms with Crippen molar-refractivity contribution in [1.29, 1.82) is 0 Å². The van der Waals surface area contributed by atoms with Crippen molar-refractivity contribution in [2.75, 3.05) is 6.54 Å². The minimum Gasteiger partial charge on any atom is -0.303 e. The maximum atomic E-state index is 11.4. The van der Waals surface area contributed by atoms with Gasteiger partial charge in [-0.2, -0.15) is 0 Å². The molecule has 0 bridgehead atoms. The third-order valence-corrected chi connectivity index (χ3v) is 5.13. The molecule has 1 heterocycles. The Morgan fingerprint density at radius 3 is 1.69 bits per heavy atom. The fourth-order valence-corrected chi connectivity index (χ4v) is 5.05. The van der Waals surface area contributed by atoms with Crippen LogP contribution in [0, 0.1) is 16.2 Å². The topological polar surface area (TPSA) is 20.3 Å². The first-order chi connectivity index (χ1) is 11.7. The molecule has 1 aliphatic rings. The zero-order valence-corrected chi connectivity index (χ0v) is 20.5. The summed E-state index contributed by atoms with van der Waals surface area (Å²) in [6.45, 7) is 29.8. The van der Waals surface area contributed by atoms with Gasteiger partial charge in [0.25, 0.3) is 0 Å². The van der Waals surface area contributed by atoms with Crippen molar-refractivity contribution in [3.05, 3.63) is 0 Å². The second-order valence-electron chi connectivity index (χ2n) is 10.7. The Hall–Kier alpha value is -0.370. The molecule has 0 aromatic heterocycles. The summed E-state index contributed by atoms with van der Waals surface area (Å²) in [4.78, 5) is 14.1. The van der Waals surface area contributed by atoms with Crippen LogP contribution in [0.15, 0.2) is 0 Å². The van der Waals surface area contributed by atoms with Gasteiger partial charge in [-0.15, -0.1) is 0 Å². The second-order valence-corrected chi connectivity index (χ2v) is 10.7. The maximum Gasteiger partial charge on any atom is 0.125 e. The lowest BCUT2D eigenvalue weighted by atomic mass is 9.70. The highest BCUT2D eigenvalue weighted by Gasteiger charge is 2.45. The molecule has 0 radical (unpaired) electrons. The van der Waals surface area contributed by atoms with E-state index in [-0.39, 0.29) is 11.0 Å². The molecule has 1 rings (SSSR count). The van der Waals surface area contributed by atoms with Crippen LogP contribution >= 0.6 is 0 Å². The van der Waals surface area contributed by atoms with Crippen LogP contribution in [-0.4, -0.2) is 29.3 Å². The third kappa shape index (κ3) is 9.02. The summed E-state index contributed by atoms with van der Waals surface area (Å²) in [5, 5.41) is 0. The molecule has 2 heteroatoms. The highest BCUT2D eigenvalue weighted by atomic mass is 16.1. The van der Waals surface area contributed by atoms with Crippen molar-refractivity contribution >= 4 is 6.29 Å². The number of hydrogen-bond acceptors (Lipinski definition) is 2. The van der Waals surface area contributed by atoms with Crippen molar-refractivity contribution in [2.24, 2.45) is 16.2 Å². The number of likely N-dealkylation sites (tertiary alicyclic amines) is 1. The summed E-state index contributed by atoms with van der Waals surface area (Å²) in [7, 11) is 0. The molecule has 0 amide bonds. The number of nitrogens with zero attached hydrogens (tertiary/aromatic N) is 1. The largest absolute Gasteiger partial charge is 0.303 e. The van der Waals surface area contributed by atoms with E-state index in [4.69, 9.17) is 0 Å². The fourth-order valence-electron chi connectivity index (χ4n) is 5.05. The Morgan fingerprint density at radius 2 is 1.31 bits per heavy atom. The van der Waals surface area contributed by atoms with Crippen molar-refractivity contribution in [1.82, 2.24) is 4.90 Å².